The fraction of sp³-hybridized carbons (Fsp3) is 0.381. The predicted octanol–water partition coefficient (Wildman–Crippen LogP) is 2.58. The van der Waals surface area contributed by atoms with Crippen LogP contribution in [-0.2, 0) is 44.4 Å². The normalized spacial score (nSPS) is 13.1. The average molecular weight is 512 g/mol. The van der Waals surface area contributed by atoms with E-state index in [0.717, 1.165) is 5.56 Å². The predicted molar refractivity (Wildman–Crippen MR) is 126 cm³/mol. The highest BCUT2D eigenvalue weighted by molar-refractivity contribution is 7.86. The Morgan fingerprint density at radius 3 is 2.71 bits per heavy atom. The molecule has 1 atom stereocenters. The largest absolute Gasteiger partial charge is 0.493 e. The molecule has 3 rings (SSSR count). The van der Waals surface area contributed by atoms with Crippen LogP contribution >= 0.6 is 12.2 Å². The minimum Gasteiger partial charge on any atom is -0.493 e. The van der Waals surface area contributed by atoms with E-state index in [1.165, 1.54) is 35.5 Å². The number of aromatic hydroxyl groups is 1. The Morgan fingerprint density at radius 2 is 2.06 bits per heavy atom. The number of carbonyl (C=O) groups is 1. The molecule has 184 valence electrons. The van der Waals surface area contributed by atoms with E-state index in [0.29, 0.717) is 17.5 Å². The summed E-state index contributed by atoms with van der Waals surface area (Å²) in [5.74, 6) is -0.401. The van der Waals surface area contributed by atoms with Gasteiger partial charge in [0.1, 0.15) is 23.0 Å². The van der Waals surface area contributed by atoms with E-state index in [1.54, 1.807) is 25.2 Å². The van der Waals surface area contributed by atoms with Gasteiger partial charge >= 0.3 is 5.97 Å². The zero-order valence-corrected chi connectivity index (χ0v) is 20.4. The smallest absolute Gasteiger partial charge is 0.325 e. The topological polar surface area (TPSA) is 146 Å². The zero-order chi connectivity index (χ0) is 25.0. The number of esters is 1. The van der Waals surface area contributed by atoms with Gasteiger partial charge in [0.2, 0.25) is 11.8 Å². The number of nitrogens with zero attached hydrogens (tertiary/aromatic N) is 3. The quantitative estimate of drug-likeness (QED) is 0.236. The van der Waals surface area contributed by atoms with Gasteiger partial charge in [0.05, 0.1) is 13.7 Å². The van der Waals surface area contributed by atoms with Crippen LogP contribution in [0.15, 0.2) is 22.6 Å². The zero-order valence-electron chi connectivity index (χ0n) is 18.8. The lowest BCUT2D eigenvalue weighted by molar-refractivity contribution is -0.141. The van der Waals surface area contributed by atoms with Crippen molar-refractivity contribution in [1.29, 1.82) is 0 Å². The summed E-state index contributed by atoms with van der Waals surface area (Å²) in [5.41, 5.74) is 2.15. The van der Waals surface area contributed by atoms with Crippen molar-refractivity contribution in [3.63, 3.8) is 0 Å². The van der Waals surface area contributed by atoms with Crippen LogP contribution in [0.25, 0.3) is 23.3 Å². The molecule has 0 fully saturated rings. The molecule has 13 heteroatoms. The first kappa shape index (κ1) is 25.6. The molecule has 1 aromatic carbocycles. The van der Waals surface area contributed by atoms with Crippen LogP contribution in [0.2, 0.25) is 0 Å². The lowest BCUT2D eigenvalue weighted by Crippen LogP contribution is -2.26. The molecule has 1 unspecified atom stereocenters. The maximum absolute atomic E-state index is 11.7. The molecule has 2 N–H and O–H groups in total. The fourth-order valence-corrected chi connectivity index (χ4v) is 4.35. The first-order valence-electron chi connectivity index (χ1n) is 10.1. The summed E-state index contributed by atoms with van der Waals surface area (Å²) in [6.45, 7) is -0.277. The van der Waals surface area contributed by atoms with Crippen LogP contribution in [0.3, 0.4) is 0 Å². The van der Waals surface area contributed by atoms with Gasteiger partial charge in [0, 0.05) is 20.2 Å². The second-order valence-electron chi connectivity index (χ2n) is 7.53. The van der Waals surface area contributed by atoms with Gasteiger partial charge in [-0.05, 0) is 48.8 Å². The Kier molecular flexibility index (Phi) is 7.92. The Bertz CT molecular complexity index is 1380. The molecule has 0 saturated carbocycles. The van der Waals surface area contributed by atoms with Gasteiger partial charge in [0.15, 0.2) is 10.4 Å². The molecule has 3 aromatic rings. The fourth-order valence-electron chi connectivity index (χ4n) is 3.37. The van der Waals surface area contributed by atoms with Crippen molar-refractivity contribution in [2.75, 3.05) is 20.8 Å². The monoisotopic (exact) mass is 511 g/mol. The van der Waals surface area contributed by atoms with Crippen molar-refractivity contribution in [3.8, 4) is 5.88 Å². The van der Waals surface area contributed by atoms with Gasteiger partial charge in [0.25, 0.3) is 10.1 Å². The van der Waals surface area contributed by atoms with Gasteiger partial charge in [-0.3, -0.25) is 13.9 Å². The van der Waals surface area contributed by atoms with Gasteiger partial charge in [-0.15, -0.1) is 0 Å². The van der Waals surface area contributed by atoms with Crippen LogP contribution in [0.4, 0.5) is 0 Å². The molecular weight excluding hydrogens is 486 g/mol. The molecule has 0 spiro atoms. The molecule has 34 heavy (non-hydrogen) atoms. The molecule has 0 aliphatic rings. The summed E-state index contributed by atoms with van der Waals surface area (Å²) in [7, 11) is -0.0136. The number of hydrogen-bond acceptors (Lipinski definition) is 9. The van der Waals surface area contributed by atoms with Crippen molar-refractivity contribution in [1.82, 2.24) is 14.1 Å². The van der Waals surface area contributed by atoms with E-state index >= 15 is 0 Å². The molecular formula is C21H25N3O8S2. The number of imidazole rings is 1. The third-order valence-electron chi connectivity index (χ3n) is 5.25. The molecule has 2 aromatic heterocycles. The Morgan fingerprint density at radius 1 is 1.32 bits per heavy atom. The van der Waals surface area contributed by atoms with Gasteiger partial charge in [-0.25, -0.2) is 4.98 Å². The molecule has 0 amide bonds. The summed E-state index contributed by atoms with van der Waals surface area (Å²) in [4.78, 5) is 16.1. The maximum atomic E-state index is 11.7. The first-order chi connectivity index (χ1) is 16.0. The maximum Gasteiger partial charge on any atom is 0.325 e. The van der Waals surface area contributed by atoms with Crippen molar-refractivity contribution < 1.29 is 36.8 Å². The highest BCUT2D eigenvalue weighted by Crippen LogP contribution is 2.24. The van der Waals surface area contributed by atoms with Crippen LogP contribution in [0.5, 0.6) is 5.88 Å². The average Bonchev–Trinajstić information content (AvgIpc) is 3.28. The molecule has 0 radical (unpaired) electrons. The molecule has 2 heterocycles. The minimum absolute atomic E-state index is 0.105. The molecule has 11 nitrogen and oxygen atoms in total. The number of fused-ring (bicyclic) bond motifs is 1. The highest BCUT2D eigenvalue weighted by atomic mass is 32.2. The van der Waals surface area contributed by atoms with Crippen molar-refractivity contribution in [3.05, 3.63) is 40.1 Å². The third kappa shape index (κ3) is 5.73. The number of methoxy groups -OCH3 is 2. The summed E-state index contributed by atoms with van der Waals surface area (Å²) in [5, 5.41) is 9.37. The number of aromatic nitrogens is 3. The lowest BCUT2D eigenvalue weighted by atomic mass is 10.1. The van der Waals surface area contributed by atoms with E-state index in [9.17, 15) is 22.9 Å². The van der Waals surface area contributed by atoms with E-state index < -0.39 is 21.3 Å². The molecule has 0 aliphatic heterocycles. The van der Waals surface area contributed by atoms with Crippen molar-refractivity contribution >= 4 is 51.6 Å². The summed E-state index contributed by atoms with van der Waals surface area (Å²) in [6.07, 6.45) is 3.62. The summed E-state index contributed by atoms with van der Waals surface area (Å²) >= 11 is 5.27. The Labute approximate surface area is 201 Å². The molecule has 0 bridgehead atoms. The number of ether oxygens (including phenoxy) is 2. The van der Waals surface area contributed by atoms with E-state index in [1.807, 2.05) is 0 Å². The number of rotatable bonds is 10. The van der Waals surface area contributed by atoms with Gasteiger partial charge in [-0.1, -0.05) is 6.07 Å². The van der Waals surface area contributed by atoms with Gasteiger partial charge in [-0.2, -0.15) is 8.42 Å². The molecule has 0 saturated heterocycles. The lowest BCUT2D eigenvalue weighted by Gasteiger charge is -2.12. The van der Waals surface area contributed by atoms with Crippen LogP contribution in [0.1, 0.15) is 23.6 Å². The first-order valence-corrected chi connectivity index (χ1v) is 12.0. The standard InChI is InChI=1S/C21H25N3O8S2/c1-23-20(26)16(24(21(23)33)11-19(25)31-3)8-9-18-22-15-7-5-13(10-17(15)32-18)4-6-14(12-30-2)34(27,28)29/h5,7-10,14,26H,4,6,11-12H2,1-3H3,(H,27,28,29). The number of aryl methyl sites for hydroxylation is 1. The highest BCUT2D eigenvalue weighted by Gasteiger charge is 2.23. The van der Waals surface area contributed by atoms with E-state index in [4.69, 9.17) is 21.4 Å². The number of carbonyl (C=O) groups excluding carboxylic acids is 1. The second kappa shape index (κ2) is 10.5. The second-order valence-corrected chi connectivity index (χ2v) is 9.59. The van der Waals surface area contributed by atoms with E-state index in [-0.39, 0.29) is 41.8 Å². The Hall–Kier alpha value is -3.00. The number of benzene rings is 1. The number of hydrogen-bond donors (Lipinski definition) is 2. The minimum atomic E-state index is -4.22. The van der Waals surface area contributed by atoms with Crippen LogP contribution in [0, 0.1) is 4.77 Å². The Balaban J connectivity index is 1.83. The van der Waals surface area contributed by atoms with E-state index in [2.05, 4.69) is 9.72 Å². The van der Waals surface area contributed by atoms with Crippen molar-refractivity contribution in [2.45, 2.75) is 24.6 Å². The van der Waals surface area contributed by atoms with Gasteiger partial charge < -0.3 is 23.6 Å². The van der Waals surface area contributed by atoms with Crippen LogP contribution < -0.4 is 0 Å². The summed E-state index contributed by atoms with van der Waals surface area (Å²) < 4.78 is 50.7. The molecule has 0 aliphatic carbocycles. The van der Waals surface area contributed by atoms with Crippen molar-refractivity contribution in [2.24, 2.45) is 7.05 Å². The third-order valence-corrected chi connectivity index (χ3v) is 6.96. The summed E-state index contributed by atoms with van der Waals surface area (Å²) in [6, 6.07) is 5.28. The number of oxazole rings is 1. The van der Waals surface area contributed by atoms with Crippen LogP contribution in [-0.4, -0.2) is 64.2 Å². The SMILES string of the molecule is COCC(CCc1ccc2nc(C=Cc3c(O)n(C)c(=S)n3CC(=O)OC)oc2c1)S(=O)(=O)O.